The zero-order chi connectivity index (χ0) is 20.8. The SMILES string of the molecule is CC(C)(C)C=CC=Cc1cncc(OC(C(=O)OC(C)(C)C)[C@H]2CCCN2)c1. The van der Waals surface area contributed by atoms with E-state index in [9.17, 15) is 4.79 Å². The van der Waals surface area contributed by atoms with E-state index in [2.05, 4.69) is 37.1 Å². The van der Waals surface area contributed by atoms with E-state index in [0.29, 0.717) is 5.75 Å². The first-order chi connectivity index (χ1) is 13.0. The Morgan fingerprint density at radius 1 is 1.21 bits per heavy atom. The van der Waals surface area contributed by atoms with Crippen LogP contribution in [0, 0.1) is 5.41 Å². The van der Waals surface area contributed by atoms with Crippen molar-refractivity contribution in [2.24, 2.45) is 5.41 Å². The third-order valence-electron chi connectivity index (χ3n) is 4.10. The molecule has 1 unspecified atom stereocenters. The second-order valence-electron chi connectivity index (χ2n) is 9.31. The van der Waals surface area contributed by atoms with Crippen LogP contribution in [0.2, 0.25) is 0 Å². The Balaban J connectivity index is 2.12. The number of nitrogens with zero attached hydrogens (tertiary/aromatic N) is 1. The maximum atomic E-state index is 12.7. The van der Waals surface area contributed by atoms with E-state index in [0.717, 1.165) is 24.9 Å². The Morgan fingerprint density at radius 2 is 1.96 bits per heavy atom. The van der Waals surface area contributed by atoms with Crippen LogP contribution in [0.1, 0.15) is 59.9 Å². The molecular weight excluding hydrogens is 352 g/mol. The van der Waals surface area contributed by atoms with Gasteiger partial charge in [-0.25, -0.2) is 4.79 Å². The molecule has 1 fully saturated rings. The monoisotopic (exact) mass is 386 g/mol. The predicted molar refractivity (Wildman–Crippen MR) is 113 cm³/mol. The van der Waals surface area contributed by atoms with Gasteiger partial charge < -0.3 is 14.8 Å². The molecule has 0 aliphatic carbocycles. The molecule has 1 aromatic rings. The van der Waals surface area contributed by atoms with Gasteiger partial charge in [-0.05, 0) is 57.2 Å². The van der Waals surface area contributed by atoms with E-state index in [4.69, 9.17) is 9.47 Å². The van der Waals surface area contributed by atoms with Gasteiger partial charge in [0.1, 0.15) is 11.4 Å². The molecule has 154 valence electrons. The van der Waals surface area contributed by atoms with Gasteiger partial charge in [-0.2, -0.15) is 0 Å². The van der Waals surface area contributed by atoms with E-state index in [-0.39, 0.29) is 17.4 Å². The summed E-state index contributed by atoms with van der Waals surface area (Å²) in [6.45, 7) is 12.9. The van der Waals surface area contributed by atoms with Crippen LogP contribution < -0.4 is 10.1 Å². The quantitative estimate of drug-likeness (QED) is 0.575. The fourth-order valence-electron chi connectivity index (χ4n) is 2.87. The van der Waals surface area contributed by atoms with Crippen LogP contribution in [0.25, 0.3) is 6.08 Å². The second kappa shape index (κ2) is 9.37. The first-order valence-corrected chi connectivity index (χ1v) is 9.97. The smallest absolute Gasteiger partial charge is 0.349 e. The summed E-state index contributed by atoms with van der Waals surface area (Å²) >= 11 is 0. The van der Waals surface area contributed by atoms with Crippen LogP contribution in [0.3, 0.4) is 0 Å². The van der Waals surface area contributed by atoms with E-state index < -0.39 is 11.7 Å². The first kappa shape index (κ1) is 22.2. The third-order valence-corrected chi connectivity index (χ3v) is 4.10. The molecule has 1 aliphatic rings. The van der Waals surface area contributed by atoms with E-state index in [1.165, 1.54) is 0 Å². The van der Waals surface area contributed by atoms with Crippen molar-refractivity contribution >= 4 is 12.0 Å². The van der Waals surface area contributed by atoms with Crippen molar-refractivity contribution in [3.63, 3.8) is 0 Å². The summed E-state index contributed by atoms with van der Waals surface area (Å²) in [4.78, 5) is 17.0. The zero-order valence-electron chi connectivity index (χ0n) is 18.0. The number of rotatable bonds is 6. The van der Waals surface area contributed by atoms with Crippen molar-refractivity contribution in [1.29, 1.82) is 0 Å². The lowest BCUT2D eigenvalue weighted by Gasteiger charge is -2.27. The summed E-state index contributed by atoms with van der Waals surface area (Å²) in [5, 5.41) is 3.34. The predicted octanol–water partition coefficient (Wildman–Crippen LogP) is 4.54. The third kappa shape index (κ3) is 7.85. The fourth-order valence-corrected chi connectivity index (χ4v) is 2.87. The molecule has 1 saturated heterocycles. The van der Waals surface area contributed by atoms with Gasteiger partial charge in [-0.15, -0.1) is 0 Å². The molecule has 0 spiro atoms. The summed E-state index contributed by atoms with van der Waals surface area (Å²) in [5.74, 6) is 0.215. The van der Waals surface area contributed by atoms with Gasteiger partial charge in [0.25, 0.3) is 0 Å². The van der Waals surface area contributed by atoms with Crippen LogP contribution in [0.5, 0.6) is 5.75 Å². The summed E-state index contributed by atoms with van der Waals surface area (Å²) in [7, 11) is 0. The average Bonchev–Trinajstić information content (AvgIpc) is 3.09. The highest BCUT2D eigenvalue weighted by Crippen LogP contribution is 2.21. The van der Waals surface area contributed by atoms with Crippen LogP contribution in [-0.2, 0) is 9.53 Å². The molecule has 1 aliphatic heterocycles. The highest BCUT2D eigenvalue weighted by molar-refractivity contribution is 5.76. The molecule has 0 radical (unpaired) electrons. The van der Waals surface area contributed by atoms with Gasteiger partial charge in [0, 0.05) is 6.20 Å². The van der Waals surface area contributed by atoms with Gasteiger partial charge in [0.2, 0.25) is 6.10 Å². The van der Waals surface area contributed by atoms with Crippen molar-refractivity contribution < 1.29 is 14.3 Å². The van der Waals surface area contributed by atoms with Crippen LogP contribution in [0.4, 0.5) is 0 Å². The number of esters is 1. The van der Waals surface area contributed by atoms with Gasteiger partial charge in [-0.3, -0.25) is 4.98 Å². The number of nitrogens with one attached hydrogen (secondary N) is 1. The van der Waals surface area contributed by atoms with Crippen molar-refractivity contribution in [2.45, 2.75) is 72.1 Å². The molecule has 2 atom stereocenters. The summed E-state index contributed by atoms with van der Waals surface area (Å²) < 4.78 is 11.6. The normalized spacial score (nSPS) is 19.3. The number of carbonyl (C=O) groups is 1. The standard InChI is InChI=1S/C23H34N2O3/c1-22(2,3)12-8-7-10-17-14-18(16-24-15-17)27-20(19-11-9-13-25-19)21(26)28-23(4,5)6/h7-8,10,12,14-16,19-20,25H,9,11,13H2,1-6H3/t19-,20?/m1/s1. The lowest BCUT2D eigenvalue weighted by Crippen LogP contribution is -2.47. The molecule has 0 amide bonds. The van der Waals surface area contributed by atoms with Crippen molar-refractivity contribution in [2.75, 3.05) is 6.54 Å². The minimum atomic E-state index is -0.691. The first-order valence-electron chi connectivity index (χ1n) is 9.97. The molecule has 2 heterocycles. The lowest BCUT2D eigenvalue weighted by atomic mass is 9.96. The Morgan fingerprint density at radius 3 is 2.57 bits per heavy atom. The Hall–Kier alpha value is -2.14. The zero-order valence-corrected chi connectivity index (χ0v) is 18.0. The van der Waals surface area contributed by atoms with Crippen LogP contribution >= 0.6 is 0 Å². The number of hydrogen-bond donors (Lipinski definition) is 1. The van der Waals surface area contributed by atoms with Gasteiger partial charge >= 0.3 is 5.97 Å². The topological polar surface area (TPSA) is 60.5 Å². The number of pyridine rings is 1. The molecule has 1 N–H and O–H groups in total. The largest absolute Gasteiger partial charge is 0.475 e. The Bertz CT molecular complexity index is 705. The minimum absolute atomic E-state index is 0.0521. The molecule has 0 saturated carbocycles. The maximum Gasteiger partial charge on any atom is 0.349 e. The number of aromatic nitrogens is 1. The average molecular weight is 387 g/mol. The van der Waals surface area contributed by atoms with Crippen LogP contribution in [0.15, 0.2) is 36.7 Å². The van der Waals surface area contributed by atoms with E-state index >= 15 is 0 Å². The summed E-state index contributed by atoms with van der Waals surface area (Å²) in [6.07, 6.45) is 12.7. The van der Waals surface area contributed by atoms with Gasteiger partial charge in [0.05, 0.1) is 12.2 Å². The minimum Gasteiger partial charge on any atom is -0.475 e. The van der Waals surface area contributed by atoms with Crippen LogP contribution in [-0.4, -0.2) is 35.2 Å². The maximum absolute atomic E-state index is 12.7. The molecule has 5 heteroatoms. The molecule has 0 aromatic carbocycles. The molecule has 5 nitrogen and oxygen atoms in total. The van der Waals surface area contributed by atoms with Crippen molar-refractivity contribution in [3.8, 4) is 5.75 Å². The summed E-state index contributed by atoms with van der Waals surface area (Å²) in [6, 6.07) is 1.84. The second-order valence-corrected chi connectivity index (χ2v) is 9.31. The van der Waals surface area contributed by atoms with E-state index in [1.807, 2.05) is 45.1 Å². The highest BCUT2D eigenvalue weighted by atomic mass is 16.6. The number of ether oxygens (including phenoxy) is 2. The molecule has 1 aromatic heterocycles. The summed E-state index contributed by atoms with van der Waals surface area (Å²) in [5.41, 5.74) is 0.500. The van der Waals surface area contributed by atoms with Gasteiger partial charge in [-0.1, -0.05) is 45.1 Å². The Kier molecular flexibility index (Phi) is 7.41. The number of carbonyl (C=O) groups excluding carboxylic acids is 1. The highest BCUT2D eigenvalue weighted by Gasteiger charge is 2.35. The Labute approximate surface area is 169 Å². The molecule has 28 heavy (non-hydrogen) atoms. The van der Waals surface area contributed by atoms with Gasteiger partial charge in [0.15, 0.2) is 0 Å². The van der Waals surface area contributed by atoms with Crippen molar-refractivity contribution in [3.05, 3.63) is 42.3 Å². The van der Waals surface area contributed by atoms with E-state index in [1.54, 1.807) is 12.4 Å². The molecule has 0 bridgehead atoms. The fraction of sp³-hybridized carbons (Fsp3) is 0.565. The molecule has 2 rings (SSSR count). The lowest BCUT2D eigenvalue weighted by molar-refractivity contribution is -0.164. The number of allylic oxidation sites excluding steroid dienone is 3. The molecular formula is C23H34N2O3. The number of hydrogen-bond acceptors (Lipinski definition) is 5. The van der Waals surface area contributed by atoms with Crippen molar-refractivity contribution in [1.82, 2.24) is 10.3 Å².